The van der Waals surface area contributed by atoms with Crippen LogP contribution in [0.25, 0.3) is 0 Å². The average molecular weight is 468 g/mol. The zero-order chi connectivity index (χ0) is 23.2. The lowest BCUT2D eigenvalue weighted by Gasteiger charge is -2.14. The van der Waals surface area contributed by atoms with Crippen molar-refractivity contribution in [3.63, 3.8) is 0 Å². The molecule has 4 rings (SSSR count). The molecule has 1 amide bonds. The van der Waals surface area contributed by atoms with E-state index in [2.05, 4.69) is 36.0 Å². The van der Waals surface area contributed by atoms with Crippen LogP contribution in [0.5, 0.6) is 0 Å². The van der Waals surface area contributed by atoms with Gasteiger partial charge in [0, 0.05) is 17.8 Å². The molecule has 3 atom stereocenters. The van der Waals surface area contributed by atoms with Crippen LogP contribution in [-0.2, 0) is 17.6 Å². The summed E-state index contributed by atoms with van der Waals surface area (Å²) in [5.74, 6) is 1.28. The number of nitrogens with one attached hydrogen (secondary N) is 2. The van der Waals surface area contributed by atoms with Gasteiger partial charge in [-0.1, -0.05) is 31.3 Å². The molecule has 0 saturated heterocycles. The Morgan fingerprint density at radius 3 is 2.73 bits per heavy atom. The van der Waals surface area contributed by atoms with E-state index in [1.54, 1.807) is 12.3 Å². The van der Waals surface area contributed by atoms with Crippen LogP contribution >= 0.6 is 11.3 Å². The van der Waals surface area contributed by atoms with Crippen LogP contribution in [0.2, 0.25) is 0 Å². The first-order chi connectivity index (χ1) is 16.0. The lowest BCUT2D eigenvalue weighted by Crippen LogP contribution is -2.24. The number of hydrogen-bond donors (Lipinski definition) is 3. The van der Waals surface area contributed by atoms with E-state index >= 15 is 0 Å². The molecule has 1 unspecified atom stereocenters. The number of hydrogen-bond acceptors (Lipinski definition) is 9. The highest BCUT2D eigenvalue weighted by Crippen LogP contribution is 2.41. The van der Waals surface area contributed by atoms with Gasteiger partial charge in [-0.15, -0.1) is 15.3 Å². The summed E-state index contributed by atoms with van der Waals surface area (Å²) >= 11 is 1.53. The second-order valence-corrected chi connectivity index (χ2v) is 9.82. The molecule has 1 saturated carbocycles. The highest BCUT2D eigenvalue weighted by atomic mass is 32.1. The molecular formula is C23H29N7O2S. The Bertz CT molecular complexity index is 1040. The van der Waals surface area contributed by atoms with Crippen molar-refractivity contribution >= 4 is 28.2 Å². The molecule has 1 aliphatic carbocycles. The number of anilines is 2. The van der Waals surface area contributed by atoms with Gasteiger partial charge in [0.15, 0.2) is 5.82 Å². The number of amides is 1. The Balaban J connectivity index is 1.25. The largest absolute Gasteiger partial charge is 0.373 e. The molecule has 33 heavy (non-hydrogen) atoms. The van der Waals surface area contributed by atoms with Crippen molar-refractivity contribution in [2.75, 3.05) is 10.6 Å². The van der Waals surface area contributed by atoms with E-state index < -0.39 is 6.23 Å². The van der Waals surface area contributed by atoms with E-state index in [1.807, 2.05) is 38.1 Å². The van der Waals surface area contributed by atoms with Gasteiger partial charge in [-0.2, -0.15) is 5.10 Å². The second-order valence-electron chi connectivity index (χ2n) is 8.81. The molecule has 0 bridgehead atoms. The molecular weight excluding hydrogens is 438 g/mol. The summed E-state index contributed by atoms with van der Waals surface area (Å²) in [5, 5.41) is 34.5. The number of aliphatic hydroxyl groups excluding tert-OH is 1. The minimum absolute atomic E-state index is 0.106. The summed E-state index contributed by atoms with van der Waals surface area (Å²) in [4.78, 5) is 16.3. The summed E-state index contributed by atoms with van der Waals surface area (Å²) < 4.78 is 0. The summed E-state index contributed by atoms with van der Waals surface area (Å²) in [5.41, 5.74) is 1.63. The Hall–Kier alpha value is -2.98. The van der Waals surface area contributed by atoms with Gasteiger partial charge in [0.1, 0.15) is 11.2 Å². The predicted octanol–water partition coefficient (Wildman–Crippen LogP) is 3.42. The standard InChI is InChI=1S/C23H29N7O2S/c1-14(2)21(32)26-23-30-29-22(33-23)16-7-6-15(11-16)12-18-8-9-19(28-27-18)25-20(31)13-17-5-3-4-10-24-17/h3-5,8-10,14-16,21,32H,6-7,11-13H2,1-2H3,(H,26,30)(H,25,28,31)/t15-,16+,21?/m1/s1. The molecule has 0 radical (unpaired) electrons. The van der Waals surface area contributed by atoms with Crippen LogP contribution in [0, 0.1) is 11.8 Å². The van der Waals surface area contributed by atoms with Gasteiger partial charge in [0.05, 0.1) is 12.1 Å². The molecule has 0 aromatic carbocycles. The topological polar surface area (TPSA) is 126 Å². The van der Waals surface area contributed by atoms with Crippen molar-refractivity contribution in [1.82, 2.24) is 25.4 Å². The van der Waals surface area contributed by atoms with Gasteiger partial charge >= 0.3 is 0 Å². The maximum absolute atomic E-state index is 12.2. The van der Waals surface area contributed by atoms with Gasteiger partial charge in [0.25, 0.3) is 0 Å². The summed E-state index contributed by atoms with van der Waals surface area (Å²) in [6.45, 7) is 3.90. The van der Waals surface area contributed by atoms with E-state index in [0.717, 1.165) is 36.4 Å². The number of aliphatic hydroxyl groups is 1. The van der Waals surface area contributed by atoms with Crippen LogP contribution in [0.3, 0.4) is 0 Å². The Morgan fingerprint density at radius 2 is 2.00 bits per heavy atom. The average Bonchev–Trinajstić information content (AvgIpc) is 3.45. The molecule has 9 nitrogen and oxygen atoms in total. The normalized spacial score (nSPS) is 18.9. The quantitative estimate of drug-likeness (QED) is 0.409. The zero-order valence-corrected chi connectivity index (χ0v) is 19.6. The first kappa shape index (κ1) is 23.2. The number of pyridine rings is 1. The van der Waals surface area contributed by atoms with Crippen molar-refractivity contribution in [3.05, 3.63) is 52.9 Å². The maximum Gasteiger partial charge on any atom is 0.231 e. The third-order valence-corrected chi connectivity index (χ3v) is 6.80. The highest BCUT2D eigenvalue weighted by molar-refractivity contribution is 7.15. The Morgan fingerprint density at radius 1 is 1.12 bits per heavy atom. The fourth-order valence-corrected chi connectivity index (χ4v) is 4.84. The van der Waals surface area contributed by atoms with Gasteiger partial charge in [-0.25, -0.2) is 0 Å². The number of aromatic nitrogens is 5. The molecule has 174 valence electrons. The van der Waals surface area contributed by atoms with Crippen LogP contribution in [-0.4, -0.2) is 42.6 Å². The van der Waals surface area contributed by atoms with Crippen LogP contribution < -0.4 is 10.6 Å². The number of rotatable bonds is 9. The number of carbonyl (C=O) groups is 1. The lowest BCUT2D eigenvalue weighted by molar-refractivity contribution is -0.115. The van der Waals surface area contributed by atoms with E-state index in [9.17, 15) is 9.90 Å². The smallest absolute Gasteiger partial charge is 0.231 e. The van der Waals surface area contributed by atoms with E-state index in [-0.39, 0.29) is 18.2 Å². The first-order valence-corrected chi connectivity index (χ1v) is 12.1. The maximum atomic E-state index is 12.2. The van der Waals surface area contributed by atoms with Crippen LogP contribution in [0.1, 0.15) is 55.4 Å². The third kappa shape index (κ3) is 6.52. The molecule has 1 aliphatic rings. The van der Waals surface area contributed by atoms with Crippen molar-refractivity contribution in [2.45, 2.75) is 58.1 Å². The third-order valence-electron chi connectivity index (χ3n) is 5.79. The summed E-state index contributed by atoms with van der Waals surface area (Å²) in [6.07, 6.45) is 5.30. The van der Waals surface area contributed by atoms with E-state index in [0.29, 0.717) is 28.5 Å². The van der Waals surface area contributed by atoms with E-state index in [1.165, 1.54) is 11.3 Å². The van der Waals surface area contributed by atoms with Gasteiger partial charge in [-0.05, 0) is 61.8 Å². The molecule has 1 fully saturated rings. The molecule has 0 spiro atoms. The molecule has 3 aromatic rings. The van der Waals surface area contributed by atoms with Crippen molar-refractivity contribution < 1.29 is 9.90 Å². The molecule has 10 heteroatoms. The zero-order valence-electron chi connectivity index (χ0n) is 18.8. The Labute approximate surface area is 197 Å². The SMILES string of the molecule is CC(C)C(O)Nc1nnc([C@H]2CC[C@@H](Cc3ccc(NC(=O)Cc4ccccn4)nn3)C2)s1. The van der Waals surface area contributed by atoms with Gasteiger partial charge < -0.3 is 15.7 Å². The molecule has 3 heterocycles. The lowest BCUT2D eigenvalue weighted by atomic mass is 10.00. The van der Waals surface area contributed by atoms with Crippen molar-refractivity contribution in [1.29, 1.82) is 0 Å². The van der Waals surface area contributed by atoms with Crippen LogP contribution in [0.4, 0.5) is 10.9 Å². The monoisotopic (exact) mass is 467 g/mol. The van der Waals surface area contributed by atoms with Crippen molar-refractivity contribution in [2.24, 2.45) is 11.8 Å². The number of carbonyl (C=O) groups excluding carboxylic acids is 1. The summed E-state index contributed by atoms with van der Waals surface area (Å²) in [6, 6.07) is 9.22. The van der Waals surface area contributed by atoms with E-state index in [4.69, 9.17) is 0 Å². The minimum atomic E-state index is -0.622. The van der Waals surface area contributed by atoms with Crippen molar-refractivity contribution in [3.8, 4) is 0 Å². The predicted molar refractivity (Wildman–Crippen MR) is 127 cm³/mol. The Kier molecular flexibility index (Phi) is 7.56. The second kappa shape index (κ2) is 10.8. The van der Waals surface area contributed by atoms with Gasteiger partial charge in [0.2, 0.25) is 11.0 Å². The fraction of sp³-hybridized carbons (Fsp3) is 0.478. The van der Waals surface area contributed by atoms with Gasteiger partial charge in [-0.3, -0.25) is 9.78 Å². The van der Waals surface area contributed by atoms with Crippen LogP contribution in [0.15, 0.2) is 36.5 Å². The molecule has 3 N–H and O–H groups in total. The molecule has 3 aromatic heterocycles. The first-order valence-electron chi connectivity index (χ1n) is 11.3. The fourth-order valence-electron chi connectivity index (χ4n) is 3.92. The highest BCUT2D eigenvalue weighted by Gasteiger charge is 2.29. The molecule has 0 aliphatic heterocycles. The minimum Gasteiger partial charge on any atom is -0.373 e. The number of nitrogens with zero attached hydrogens (tertiary/aromatic N) is 5. The summed E-state index contributed by atoms with van der Waals surface area (Å²) in [7, 11) is 0.